The van der Waals surface area contributed by atoms with Crippen molar-refractivity contribution in [1.29, 1.82) is 0 Å². The molecule has 18 heavy (non-hydrogen) atoms. The van der Waals surface area contributed by atoms with Crippen LogP contribution in [0.2, 0.25) is 0 Å². The number of carbonyl (C=O) groups excluding carboxylic acids is 1. The average molecular weight is 250 g/mol. The molecule has 0 unspecified atom stereocenters. The molecule has 1 aliphatic rings. The zero-order valence-corrected chi connectivity index (χ0v) is 10.5. The SMILES string of the molecule is O=C(CCOCCC1CCC1)c1ccc(F)cc1. The summed E-state index contributed by atoms with van der Waals surface area (Å²) in [6.07, 6.45) is 5.50. The lowest BCUT2D eigenvalue weighted by atomic mass is 9.83. The molecular weight excluding hydrogens is 231 g/mol. The fourth-order valence-corrected chi connectivity index (χ4v) is 2.08. The van der Waals surface area contributed by atoms with Crippen LogP contribution in [-0.2, 0) is 4.74 Å². The lowest BCUT2D eigenvalue weighted by molar-refractivity contribution is 0.0823. The number of hydrogen-bond acceptors (Lipinski definition) is 2. The quantitative estimate of drug-likeness (QED) is 0.546. The third-order valence-electron chi connectivity index (χ3n) is 3.53. The normalized spacial score (nSPS) is 15.4. The molecule has 0 aliphatic heterocycles. The summed E-state index contributed by atoms with van der Waals surface area (Å²) in [4.78, 5) is 11.7. The van der Waals surface area contributed by atoms with Crippen LogP contribution in [0.25, 0.3) is 0 Å². The third-order valence-corrected chi connectivity index (χ3v) is 3.53. The van der Waals surface area contributed by atoms with E-state index in [1.807, 2.05) is 0 Å². The molecule has 0 amide bonds. The molecule has 0 atom stereocenters. The van der Waals surface area contributed by atoms with Gasteiger partial charge in [0.15, 0.2) is 5.78 Å². The molecule has 3 heteroatoms. The van der Waals surface area contributed by atoms with Gasteiger partial charge in [0.25, 0.3) is 0 Å². The van der Waals surface area contributed by atoms with Gasteiger partial charge >= 0.3 is 0 Å². The minimum absolute atomic E-state index is 0.0126. The molecule has 1 aromatic carbocycles. The van der Waals surface area contributed by atoms with Crippen molar-refractivity contribution >= 4 is 5.78 Å². The molecule has 1 aromatic rings. The summed E-state index contributed by atoms with van der Waals surface area (Å²) in [5.74, 6) is 0.541. The predicted molar refractivity (Wildman–Crippen MR) is 68.1 cm³/mol. The van der Waals surface area contributed by atoms with Crippen molar-refractivity contribution in [3.05, 3.63) is 35.6 Å². The fourth-order valence-electron chi connectivity index (χ4n) is 2.08. The second-order valence-electron chi connectivity index (χ2n) is 4.88. The Morgan fingerprint density at radius 2 is 1.94 bits per heavy atom. The van der Waals surface area contributed by atoms with E-state index in [4.69, 9.17) is 4.74 Å². The van der Waals surface area contributed by atoms with Crippen LogP contribution in [0.5, 0.6) is 0 Å². The number of rotatable bonds is 7. The average Bonchev–Trinajstić information content (AvgIpc) is 2.32. The molecule has 1 saturated carbocycles. The van der Waals surface area contributed by atoms with Gasteiger partial charge in [0.2, 0.25) is 0 Å². The van der Waals surface area contributed by atoms with Crippen molar-refractivity contribution in [2.45, 2.75) is 32.1 Å². The van der Waals surface area contributed by atoms with Crippen LogP contribution < -0.4 is 0 Å². The summed E-state index contributed by atoms with van der Waals surface area (Å²) in [5, 5.41) is 0. The highest BCUT2D eigenvalue weighted by Gasteiger charge is 2.16. The van der Waals surface area contributed by atoms with Crippen molar-refractivity contribution < 1.29 is 13.9 Å². The van der Waals surface area contributed by atoms with E-state index in [9.17, 15) is 9.18 Å². The first kappa shape index (κ1) is 13.2. The van der Waals surface area contributed by atoms with E-state index < -0.39 is 0 Å². The second kappa shape index (κ2) is 6.64. The zero-order chi connectivity index (χ0) is 12.8. The lowest BCUT2D eigenvalue weighted by Crippen LogP contribution is -2.14. The van der Waals surface area contributed by atoms with Gasteiger partial charge in [-0.05, 0) is 36.6 Å². The highest BCUT2D eigenvalue weighted by molar-refractivity contribution is 5.96. The van der Waals surface area contributed by atoms with E-state index >= 15 is 0 Å². The number of ketones is 1. The van der Waals surface area contributed by atoms with Crippen molar-refractivity contribution in [2.24, 2.45) is 5.92 Å². The van der Waals surface area contributed by atoms with E-state index in [1.54, 1.807) is 0 Å². The van der Waals surface area contributed by atoms with Crippen molar-refractivity contribution in [3.63, 3.8) is 0 Å². The monoisotopic (exact) mass is 250 g/mol. The Morgan fingerprint density at radius 3 is 2.56 bits per heavy atom. The van der Waals surface area contributed by atoms with Crippen molar-refractivity contribution in [1.82, 2.24) is 0 Å². The molecule has 0 saturated heterocycles. The molecule has 0 bridgehead atoms. The molecule has 0 heterocycles. The molecule has 2 rings (SSSR count). The van der Waals surface area contributed by atoms with Crippen LogP contribution in [0.15, 0.2) is 24.3 Å². The highest BCUT2D eigenvalue weighted by Crippen LogP contribution is 2.29. The van der Waals surface area contributed by atoms with Gasteiger partial charge in [-0.15, -0.1) is 0 Å². The van der Waals surface area contributed by atoms with E-state index in [2.05, 4.69) is 0 Å². The maximum Gasteiger partial charge on any atom is 0.165 e. The fraction of sp³-hybridized carbons (Fsp3) is 0.533. The molecule has 2 nitrogen and oxygen atoms in total. The first-order valence-electron chi connectivity index (χ1n) is 6.62. The number of benzene rings is 1. The molecule has 0 aromatic heterocycles. The van der Waals surface area contributed by atoms with Gasteiger partial charge in [0, 0.05) is 18.6 Å². The predicted octanol–water partition coefficient (Wildman–Crippen LogP) is 3.61. The Bertz CT molecular complexity index is 382. The maximum absolute atomic E-state index is 12.7. The summed E-state index contributed by atoms with van der Waals surface area (Å²) in [7, 11) is 0. The molecular formula is C15H19FO2. The number of Topliss-reactive ketones (excluding diaryl/α,β-unsaturated/α-hetero) is 1. The topological polar surface area (TPSA) is 26.3 Å². The number of carbonyl (C=O) groups is 1. The maximum atomic E-state index is 12.7. The first-order valence-corrected chi connectivity index (χ1v) is 6.62. The zero-order valence-electron chi connectivity index (χ0n) is 10.5. The summed E-state index contributed by atoms with van der Waals surface area (Å²) in [5.41, 5.74) is 0.555. The van der Waals surface area contributed by atoms with Crippen LogP contribution in [0, 0.1) is 11.7 Å². The summed E-state index contributed by atoms with van der Waals surface area (Å²) in [6.45, 7) is 1.21. The Morgan fingerprint density at radius 1 is 1.22 bits per heavy atom. The largest absolute Gasteiger partial charge is 0.381 e. The minimum atomic E-state index is -0.316. The van der Waals surface area contributed by atoms with Crippen LogP contribution in [0.4, 0.5) is 4.39 Å². The minimum Gasteiger partial charge on any atom is -0.381 e. The Kier molecular flexibility index (Phi) is 4.88. The molecule has 1 aliphatic carbocycles. The van der Waals surface area contributed by atoms with Gasteiger partial charge in [0.1, 0.15) is 5.82 Å². The first-order chi connectivity index (χ1) is 8.75. The van der Waals surface area contributed by atoms with Gasteiger partial charge in [-0.1, -0.05) is 19.3 Å². The molecule has 1 fully saturated rings. The van der Waals surface area contributed by atoms with Crippen LogP contribution in [-0.4, -0.2) is 19.0 Å². The van der Waals surface area contributed by atoms with Crippen LogP contribution in [0.3, 0.4) is 0 Å². The van der Waals surface area contributed by atoms with Gasteiger partial charge in [0.05, 0.1) is 6.61 Å². The summed E-state index contributed by atoms with van der Waals surface area (Å²) < 4.78 is 18.1. The van der Waals surface area contributed by atoms with Crippen molar-refractivity contribution in [2.75, 3.05) is 13.2 Å². The van der Waals surface area contributed by atoms with Crippen LogP contribution >= 0.6 is 0 Å². The van der Waals surface area contributed by atoms with E-state index in [0.29, 0.717) is 18.6 Å². The smallest absolute Gasteiger partial charge is 0.165 e. The van der Waals surface area contributed by atoms with Crippen LogP contribution in [0.1, 0.15) is 42.5 Å². The summed E-state index contributed by atoms with van der Waals surface area (Å²) in [6, 6.07) is 5.66. The van der Waals surface area contributed by atoms with Gasteiger partial charge < -0.3 is 4.74 Å². The standard InChI is InChI=1S/C15H19FO2/c16-14-6-4-13(5-7-14)15(17)9-11-18-10-8-12-2-1-3-12/h4-7,12H,1-3,8-11H2. The number of ether oxygens (including phenoxy) is 1. The summed E-state index contributed by atoms with van der Waals surface area (Å²) >= 11 is 0. The second-order valence-corrected chi connectivity index (χ2v) is 4.88. The molecule has 98 valence electrons. The molecule has 0 radical (unpaired) electrons. The lowest BCUT2D eigenvalue weighted by Gasteiger charge is -2.24. The van der Waals surface area contributed by atoms with Gasteiger partial charge in [-0.25, -0.2) is 4.39 Å². The molecule has 0 N–H and O–H groups in total. The van der Waals surface area contributed by atoms with Crippen molar-refractivity contribution in [3.8, 4) is 0 Å². The van der Waals surface area contributed by atoms with E-state index in [1.165, 1.54) is 43.5 Å². The van der Waals surface area contributed by atoms with Gasteiger partial charge in [-0.2, -0.15) is 0 Å². The molecule has 0 spiro atoms. The Balaban J connectivity index is 1.60. The van der Waals surface area contributed by atoms with E-state index in [-0.39, 0.29) is 11.6 Å². The Labute approximate surface area is 107 Å². The number of hydrogen-bond donors (Lipinski definition) is 0. The Hall–Kier alpha value is -1.22. The highest BCUT2D eigenvalue weighted by atomic mass is 19.1. The van der Waals surface area contributed by atoms with E-state index in [0.717, 1.165) is 18.9 Å². The number of halogens is 1. The third kappa shape index (κ3) is 3.91. The van der Waals surface area contributed by atoms with Gasteiger partial charge in [-0.3, -0.25) is 4.79 Å².